The Hall–Kier alpha value is -2.44. The van der Waals surface area contributed by atoms with Gasteiger partial charge in [-0.3, -0.25) is 9.59 Å². The quantitative estimate of drug-likeness (QED) is 0.229. The number of alkyl carbamates (subject to hydrolysis) is 1. The second-order valence-electron chi connectivity index (χ2n) is 5.39. The molecule has 0 aliphatic heterocycles. The lowest BCUT2D eigenvalue weighted by Crippen LogP contribution is -2.46. The minimum Gasteiger partial charge on any atom is -0.480 e. The van der Waals surface area contributed by atoms with Crippen LogP contribution >= 0.6 is 21.6 Å². The second-order valence-corrected chi connectivity index (χ2v) is 7.94. The smallest absolute Gasteiger partial charge is 0.407 e. The number of hydrogen-bond donors (Lipinski definition) is 5. The summed E-state index contributed by atoms with van der Waals surface area (Å²) in [5.41, 5.74) is 6.11. The highest BCUT2D eigenvalue weighted by Crippen LogP contribution is 2.22. The molecule has 1 rings (SSSR count). The number of carboxylic acid groups (broad SMARTS) is 2. The first-order valence-electron chi connectivity index (χ1n) is 7.99. The van der Waals surface area contributed by atoms with Crippen molar-refractivity contribution in [1.29, 1.82) is 0 Å². The predicted molar refractivity (Wildman–Crippen MR) is 105 cm³/mol. The lowest BCUT2D eigenvalue weighted by Gasteiger charge is -2.14. The number of carboxylic acids is 2. The third-order valence-corrected chi connectivity index (χ3v) is 5.57. The van der Waals surface area contributed by atoms with Gasteiger partial charge < -0.3 is 31.3 Å². The van der Waals surface area contributed by atoms with Crippen LogP contribution in [0.5, 0.6) is 0 Å². The molecule has 6 N–H and O–H groups in total. The average molecular weight is 431 g/mol. The van der Waals surface area contributed by atoms with Crippen molar-refractivity contribution in [3.63, 3.8) is 0 Å². The molecule has 2 amide bonds. The Morgan fingerprint density at radius 3 is 2.29 bits per heavy atom. The lowest BCUT2D eigenvalue weighted by atomic mass is 10.2. The van der Waals surface area contributed by atoms with Crippen molar-refractivity contribution >= 4 is 45.5 Å². The van der Waals surface area contributed by atoms with E-state index in [9.17, 15) is 19.2 Å². The van der Waals surface area contributed by atoms with Gasteiger partial charge in [0.15, 0.2) is 0 Å². The second kappa shape index (κ2) is 12.9. The third kappa shape index (κ3) is 10.0. The molecule has 0 saturated carbocycles. The summed E-state index contributed by atoms with van der Waals surface area (Å²) in [5, 5.41) is 22.3. The number of amides is 2. The van der Waals surface area contributed by atoms with Gasteiger partial charge in [0.25, 0.3) is 0 Å². The van der Waals surface area contributed by atoms with Crippen LogP contribution in [0.3, 0.4) is 0 Å². The topological polar surface area (TPSA) is 168 Å². The number of hydrogen-bond acceptors (Lipinski definition) is 8. The number of carbonyl (C=O) groups excluding carboxylic acids is 2. The Balaban J connectivity index is 2.28. The Morgan fingerprint density at radius 2 is 1.68 bits per heavy atom. The lowest BCUT2D eigenvalue weighted by molar-refractivity contribution is -0.141. The van der Waals surface area contributed by atoms with Crippen LogP contribution < -0.4 is 16.4 Å². The highest BCUT2D eigenvalue weighted by molar-refractivity contribution is 8.76. The molecule has 0 heterocycles. The monoisotopic (exact) mass is 431 g/mol. The van der Waals surface area contributed by atoms with Crippen molar-refractivity contribution in [3.05, 3.63) is 35.9 Å². The molecule has 0 bridgehead atoms. The Labute approximate surface area is 169 Å². The molecule has 28 heavy (non-hydrogen) atoms. The summed E-state index contributed by atoms with van der Waals surface area (Å²) in [7, 11) is 2.16. The number of ether oxygens (including phenoxy) is 1. The van der Waals surface area contributed by atoms with E-state index in [4.69, 9.17) is 20.7 Å². The van der Waals surface area contributed by atoms with E-state index < -0.39 is 42.6 Å². The van der Waals surface area contributed by atoms with E-state index in [0.717, 1.165) is 27.2 Å². The Kier molecular flexibility index (Phi) is 10.8. The molecular formula is C16H21N3O7S2. The van der Waals surface area contributed by atoms with Gasteiger partial charge in [-0.25, -0.2) is 9.59 Å². The Morgan fingerprint density at radius 1 is 1.04 bits per heavy atom. The summed E-state index contributed by atoms with van der Waals surface area (Å²) in [5.74, 6) is -3.01. The van der Waals surface area contributed by atoms with Crippen LogP contribution in [-0.2, 0) is 25.7 Å². The molecule has 10 nitrogen and oxygen atoms in total. The van der Waals surface area contributed by atoms with Gasteiger partial charge in [0, 0.05) is 11.5 Å². The molecule has 0 aliphatic rings. The van der Waals surface area contributed by atoms with Crippen LogP contribution in [0.4, 0.5) is 4.79 Å². The number of aliphatic carboxylic acids is 2. The maximum absolute atomic E-state index is 11.8. The maximum Gasteiger partial charge on any atom is 0.407 e. The Bertz CT molecular complexity index is 675. The van der Waals surface area contributed by atoms with Gasteiger partial charge in [0.2, 0.25) is 5.91 Å². The molecule has 0 fully saturated rings. The van der Waals surface area contributed by atoms with E-state index in [1.54, 1.807) is 24.3 Å². The van der Waals surface area contributed by atoms with Gasteiger partial charge in [-0.1, -0.05) is 51.9 Å². The van der Waals surface area contributed by atoms with Crippen LogP contribution in [0, 0.1) is 0 Å². The van der Waals surface area contributed by atoms with E-state index in [-0.39, 0.29) is 18.1 Å². The first-order chi connectivity index (χ1) is 13.3. The molecule has 0 aliphatic carbocycles. The molecule has 0 spiro atoms. The number of benzene rings is 1. The summed E-state index contributed by atoms with van der Waals surface area (Å²) in [4.78, 5) is 45.2. The van der Waals surface area contributed by atoms with E-state index in [2.05, 4.69) is 10.6 Å². The van der Waals surface area contributed by atoms with E-state index in [1.165, 1.54) is 0 Å². The standard InChI is InChI=1S/C16H21N3O7S2/c17-11(14(21)22)8-27-28-9-12(15(23)24)19-13(20)6-18-16(25)26-7-10-4-2-1-3-5-10/h1-5,11-12H,6-9,17H2,(H,18,25)(H,19,20)(H,21,22)(H,23,24)/t11-,12+/m1/s1. The molecule has 2 atom stereocenters. The van der Waals surface area contributed by atoms with Crippen LogP contribution in [-0.4, -0.2) is 64.3 Å². The molecule has 154 valence electrons. The van der Waals surface area contributed by atoms with E-state index >= 15 is 0 Å². The zero-order chi connectivity index (χ0) is 20.9. The maximum atomic E-state index is 11.8. The normalized spacial score (nSPS) is 12.5. The molecule has 0 saturated heterocycles. The minimum atomic E-state index is -1.25. The number of rotatable bonds is 12. The molecule has 12 heteroatoms. The van der Waals surface area contributed by atoms with Gasteiger partial charge in [0.1, 0.15) is 25.2 Å². The molecule has 1 aromatic carbocycles. The van der Waals surface area contributed by atoms with Crippen molar-refractivity contribution in [2.45, 2.75) is 18.7 Å². The van der Waals surface area contributed by atoms with Gasteiger partial charge in [0.05, 0.1) is 0 Å². The first kappa shape index (κ1) is 23.6. The van der Waals surface area contributed by atoms with Gasteiger partial charge in [-0.05, 0) is 5.56 Å². The van der Waals surface area contributed by atoms with Crippen LogP contribution in [0.1, 0.15) is 5.56 Å². The summed E-state index contributed by atoms with van der Waals surface area (Å²) >= 11 is 0. The van der Waals surface area contributed by atoms with Crippen molar-refractivity contribution in [3.8, 4) is 0 Å². The zero-order valence-corrected chi connectivity index (χ0v) is 16.3. The molecule has 1 aromatic rings. The van der Waals surface area contributed by atoms with Gasteiger partial charge in [-0.15, -0.1) is 0 Å². The number of nitrogens with two attached hydrogens (primary N) is 1. The van der Waals surface area contributed by atoms with Crippen LogP contribution in [0.2, 0.25) is 0 Å². The minimum absolute atomic E-state index is 0.00344. The molecule has 0 radical (unpaired) electrons. The number of nitrogens with one attached hydrogen (secondary N) is 2. The van der Waals surface area contributed by atoms with E-state index in [1.807, 2.05) is 6.07 Å². The van der Waals surface area contributed by atoms with Crippen molar-refractivity contribution < 1.29 is 34.1 Å². The fourth-order valence-corrected chi connectivity index (χ4v) is 3.92. The van der Waals surface area contributed by atoms with E-state index in [0.29, 0.717) is 0 Å². The summed E-state index contributed by atoms with van der Waals surface area (Å²) in [6, 6.07) is 6.70. The predicted octanol–water partition coefficient (Wildman–Crippen LogP) is 0.276. The average Bonchev–Trinajstić information content (AvgIpc) is 2.67. The van der Waals surface area contributed by atoms with Crippen LogP contribution in [0.25, 0.3) is 0 Å². The molecule has 0 aromatic heterocycles. The highest BCUT2D eigenvalue weighted by atomic mass is 33.1. The largest absolute Gasteiger partial charge is 0.480 e. The summed E-state index contributed by atoms with van der Waals surface area (Å²) < 4.78 is 4.94. The molecular weight excluding hydrogens is 410 g/mol. The third-order valence-electron chi connectivity index (χ3n) is 3.12. The van der Waals surface area contributed by atoms with Crippen LogP contribution in [0.15, 0.2) is 30.3 Å². The van der Waals surface area contributed by atoms with Crippen molar-refractivity contribution in [1.82, 2.24) is 10.6 Å². The zero-order valence-electron chi connectivity index (χ0n) is 14.7. The highest BCUT2D eigenvalue weighted by Gasteiger charge is 2.21. The van der Waals surface area contributed by atoms with Gasteiger partial charge >= 0.3 is 18.0 Å². The van der Waals surface area contributed by atoms with Crippen molar-refractivity contribution in [2.75, 3.05) is 18.1 Å². The van der Waals surface area contributed by atoms with Gasteiger partial charge in [-0.2, -0.15) is 0 Å². The first-order valence-corrected chi connectivity index (χ1v) is 10.5. The number of carbonyl (C=O) groups is 4. The summed E-state index contributed by atoms with van der Waals surface area (Å²) in [6.07, 6.45) is -0.807. The fraction of sp³-hybridized carbons (Fsp3) is 0.375. The fourth-order valence-electron chi connectivity index (χ4n) is 1.66. The molecule has 0 unspecified atom stereocenters. The SMILES string of the molecule is N[C@H](CSSC[C@H](NC(=O)CNC(=O)OCc1ccccc1)C(=O)O)C(=O)O. The van der Waals surface area contributed by atoms with Crippen molar-refractivity contribution in [2.24, 2.45) is 5.73 Å². The summed E-state index contributed by atoms with van der Waals surface area (Å²) in [6.45, 7) is -0.405.